The Morgan fingerprint density at radius 3 is 2.50 bits per heavy atom. The predicted molar refractivity (Wildman–Crippen MR) is 148 cm³/mol. The van der Waals surface area contributed by atoms with Crippen molar-refractivity contribution in [1.82, 2.24) is 4.90 Å². The van der Waals surface area contributed by atoms with E-state index in [0.29, 0.717) is 42.0 Å². The average Bonchev–Trinajstić information content (AvgIpc) is 3.19. The molecule has 1 atom stereocenters. The molecule has 0 radical (unpaired) electrons. The molecule has 1 unspecified atom stereocenters. The molecule has 5 rings (SSSR count). The summed E-state index contributed by atoms with van der Waals surface area (Å²) in [4.78, 5) is 29.3. The van der Waals surface area contributed by atoms with Crippen LogP contribution in [0.3, 0.4) is 0 Å². The third-order valence-electron chi connectivity index (χ3n) is 7.06. The van der Waals surface area contributed by atoms with Crippen molar-refractivity contribution >= 4 is 16.9 Å². The number of benzene rings is 3. The minimum Gasteiger partial charge on any atom is -0.497 e. The van der Waals surface area contributed by atoms with Gasteiger partial charge in [-0.2, -0.15) is 0 Å². The first-order valence-corrected chi connectivity index (χ1v) is 13.1. The van der Waals surface area contributed by atoms with Gasteiger partial charge in [0.05, 0.1) is 30.7 Å². The fraction of sp³-hybridized carbons (Fsp3) is 0.312. The monoisotopic (exact) mass is 511 g/mol. The predicted octanol–water partition coefficient (Wildman–Crippen LogP) is 6.32. The number of carbonyl (C=O) groups excluding carboxylic acids is 1. The third-order valence-corrected chi connectivity index (χ3v) is 7.06. The molecule has 0 fully saturated rings. The van der Waals surface area contributed by atoms with E-state index < -0.39 is 6.04 Å². The fourth-order valence-corrected chi connectivity index (χ4v) is 4.94. The lowest BCUT2D eigenvalue weighted by Crippen LogP contribution is -2.31. The SMILES string of the molecule is COc1ccc(CCN2C(=O)c3oc4ccc(C)cc4c(=O)c3C2c2cccc(OCCC(C)C)c2)cc1. The number of methoxy groups -OCH3 is 1. The molecule has 1 amide bonds. The zero-order valence-corrected chi connectivity index (χ0v) is 22.3. The van der Waals surface area contributed by atoms with Gasteiger partial charge in [-0.05, 0) is 73.2 Å². The van der Waals surface area contributed by atoms with Crippen LogP contribution < -0.4 is 14.9 Å². The lowest BCUT2D eigenvalue weighted by atomic mass is 9.97. The highest BCUT2D eigenvalue weighted by Gasteiger charge is 2.42. The van der Waals surface area contributed by atoms with Crippen LogP contribution in [0.4, 0.5) is 0 Å². The zero-order valence-electron chi connectivity index (χ0n) is 22.3. The zero-order chi connectivity index (χ0) is 26.8. The Labute approximate surface area is 222 Å². The number of amides is 1. The topological polar surface area (TPSA) is 69.0 Å². The summed E-state index contributed by atoms with van der Waals surface area (Å²) in [5.74, 6) is 1.89. The average molecular weight is 512 g/mol. The lowest BCUT2D eigenvalue weighted by Gasteiger charge is -2.25. The summed E-state index contributed by atoms with van der Waals surface area (Å²) in [6.07, 6.45) is 1.56. The summed E-state index contributed by atoms with van der Waals surface area (Å²) >= 11 is 0. The smallest absolute Gasteiger partial charge is 0.290 e. The standard InChI is InChI=1S/C32H33NO5/c1-20(2)15-17-37-25-7-5-6-23(19-25)29-28-30(34)26-18-21(3)8-13-27(26)38-31(28)32(35)33(29)16-14-22-9-11-24(36-4)12-10-22/h5-13,18-20,29H,14-17H2,1-4H3. The van der Waals surface area contributed by atoms with Crippen molar-refractivity contribution in [3.63, 3.8) is 0 Å². The van der Waals surface area contributed by atoms with Crippen molar-refractivity contribution in [2.45, 2.75) is 39.7 Å². The van der Waals surface area contributed by atoms with E-state index in [1.54, 1.807) is 18.1 Å². The molecule has 0 saturated heterocycles. The number of carbonyl (C=O) groups is 1. The largest absolute Gasteiger partial charge is 0.497 e. The number of hydrogen-bond donors (Lipinski definition) is 0. The van der Waals surface area contributed by atoms with Crippen LogP contribution in [0, 0.1) is 12.8 Å². The van der Waals surface area contributed by atoms with E-state index in [1.807, 2.05) is 67.6 Å². The van der Waals surface area contributed by atoms with Crippen LogP contribution in [0.25, 0.3) is 11.0 Å². The number of ether oxygens (including phenoxy) is 2. The molecule has 0 spiro atoms. The Balaban J connectivity index is 1.55. The quantitative estimate of drug-likeness (QED) is 0.263. The van der Waals surface area contributed by atoms with Crippen molar-refractivity contribution in [2.24, 2.45) is 5.92 Å². The van der Waals surface area contributed by atoms with E-state index in [-0.39, 0.29) is 17.1 Å². The Kier molecular flexibility index (Phi) is 7.23. The van der Waals surface area contributed by atoms with E-state index in [9.17, 15) is 9.59 Å². The van der Waals surface area contributed by atoms with Gasteiger partial charge in [0, 0.05) is 6.54 Å². The van der Waals surface area contributed by atoms with Gasteiger partial charge in [-0.25, -0.2) is 0 Å². The highest BCUT2D eigenvalue weighted by molar-refractivity contribution is 5.99. The summed E-state index contributed by atoms with van der Waals surface area (Å²) in [6, 6.07) is 20.4. The van der Waals surface area contributed by atoms with Crippen molar-refractivity contribution in [2.75, 3.05) is 20.3 Å². The lowest BCUT2D eigenvalue weighted by molar-refractivity contribution is 0.0729. The Morgan fingerprint density at radius 1 is 0.974 bits per heavy atom. The van der Waals surface area contributed by atoms with E-state index in [1.165, 1.54) is 0 Å². The second-order valence-electron chi connectivity index (χ2n) is 10.3. The second-order valence-corrected chi connectivity index (χ2v) is 10.3. The first-order valence-electron chi connectivity index (χ1n) is 13.1. The molecule has 2 heterocycles. The van der Waals surface area contributed by atoms with Gasteiger partial charge in [0.1, 0.15) is 17.1 Å². The van der Waals surface area contributed by atoms with Crippen LogP contribution in [-0.4, -0.2) is 31.1 Å². The third kappa shape index (κ3) is 5.03. The van der Waals surface area contributed by atoms with E-state index >= 15 is 0 Å². The minimum absolute atomic E-state index is 0.122. The Hall–Kier alpha value is -4.06. The summed E-state index contributed by atoms with van der Waals surface area (Å²) in [6.45, 7) is 7.29. The first-order chi connectivity index (χ1) is 18.4. The van der Waals surface area contributed by atoms with Crippen LogP contribution >= 0.6 is 0 Å². The second kappa shape index (κ2) is 10.7. The minimum atomic E-state index is -0.564. The van der Waals surface area contributed by atoms with Gasteiger partial charge >= 0.3 is 0 Å². The van der Waals surface area contributed by atoms with Crippen LogP contribution in [0.2, 0.25) is 0 Å². The molecular formula is C32H33NO5. The Bertz CT molecular complexity index is 1520. The van der Waals surface area contributed by atoms with E-state index in [2.05, 4.69) is 13.8 Å². The van der Waals surface area contributed by atoms with Crippen LogP contribution in [0.15, 0.2) is 75.9 Å². The highest BCUT2D eigenvalue weighted by Crippen LogP contribution is 2.39. The number of fused-ring (bicyclic) bond motifs is 2. The van der Waals surface area contributed by atoms with Crippen molar-refractivity contribution in [3.05, 3.63) is 105 Å². The number of hydrogen-bond acceptors (Lipinski definition) is 5. The van der Waals surface area contributed by atoms with Gasteiger partial charge in [0.2, 0.25) is 5.76 Å². The van der Waals surface area contributed by atoms with E-state index in [4.69, 9.17) is 13.9 Å². The molecule has 0 saturated carbocycles. The van der Waals surface area contributed by atoms with Crippen LogP contribution in [0.1, 0.15) is 59.1 Å². The summed E-state index contributed by atoms with van der Waals surface area (Å²) in [5.41, 5.74) is 3.51. The molecular weight excluding hydrogens is 478 g/mol. The van der Waals surface area contributed by atoms with Crippen molar-refractivity contribution in [1.29, 1.82) is 0 Å². The maximum atomic E-state index is 13.8. The molecule has 0 aliphatic carbocycles. The molecule has 6 nitrogen and oxygen atoms in total. The fourth-order valence-electron chi connectivity index (χ4n) is 4.94. The normalized spacial score (nSPS) is 14.8. The molecule has 38 heavy (non-hydrogen) atoms. The van der Waals surface area contributed by atoms with Gasteiger partial charge in [0.25, 0.3) is 5.91 Å². The van der Waals surface area contributed by atoms with Gasteiger partial charge in [-0.3, -0.25) is 9.59 Å². The maximum absolute atomic E-state index is 13.8. The molecule has 1 aromatic heterocycles. The van der Waals surface area contributed by atoms with Crippen molar-refractivity contribution in [3.8, 4) is 11.5 Å². The number of aryl methyl sites for hydroxylation is 1. The van der Waals surface area contributed by atoms with Crippen LogP contribution in [0.5, 0.6) is 11.5 Å². The van der Waals surface area contributed by atoms with Gasteiger partial charge < -0.3 is 18.8 Å². The molecule has 0 N–H and O–H groups in total. The number of rotatable bonds is 9. The molecule has 1 aliphatic rings. The molecule has 196 valence electrons. The highest BCUT2D eigenvalue weighted by atomic mass is 16.5. The van der Waals surface area contributed by atoms with Gasteiger partial charge in [-0.15, -0.1) is 0 Å². The molecule has 0 bridgehead atoms. The molecule has 1 aliphatic heterocycles. The van der Waals surface area contributed by atoms with Gasteiger partial charge in [-0.1, -0.05) is 49.7 Å². The van der Waals surface area contributed by atoms with E-state index in [0.717, 1.165) is 34.6 Å². The molecule has 6 heteroatoms. The van der Waals surface area contributed by atoms with Gasteiger partial charge in [0.15, 0.2) is 5.43 Å². The van der Waals surface area contributed by atoms with Crippen molar-refractivity contribution < 1.29 is 18.7 Å². The molecule has 4 aromatic rings. The summed E-state index contributed by atoms with van der Waals surface area (Å²) in [7, 11) is 1.63. The Morgan fingerprint density at radius 2 is 1.76 bits per heavy atom. The number of nitrogens with zero attached hydrogens (tertiary/aromatic N) is 1. The summed E-state index contributed by atoms with van der Waals surface area (Å²) < 4.78 is 17.4. The maximum Gasteiger partial charge on any atom is 0.290 e. The summed E-state index contributed by atoms with van der Waals surface area (Å²) in [5, 5.41) is 0.489. The first kappa shape index (κ1) is 25.6. The molecule has 3 aromatic carbocycles. The van der Waals surface area contributed by atoms with Crippen LogP contribution in [-0.2, 0) is 6.42 Å².